The van der Waals surface area contributed by atoms with Crippen LogP contribution in [-0.4, -0.2) is 54.5 Å². The van der Waals surface area contributed by atoms with Crippen molar-refractivity contribution in [1.82, 2.24) is 14.9 Å². The van der Waals surface area contributed by atoms with Gasteiger partial charge in [0.1, 0.15) is 11.5 Å². The minimum absolute atomic E-state index is 0.0924. The fourth-order valence-corrected chi connectivity index (χ4v) is 3.46. The number of fused-ring (bicyclic) bond motifs is 1. The van der Waals surface area contributed by atoms with E-state index in [4.69, 9.17) is 0 Å². The number of carbonyl (C=O) groups excluding carboxylic acids is 1. The van der Waals surface area contributed by atoms with Crippen LogP contribution < -0.4 is 10.2 Å². The van der Waals surface area contributed by atoms with E-state index in [1.165, 1.54) is 5.56 Å². The smallest absolute Gasteiger partial charge is 0.277 e. The molecule has 0 bridgehead atoms. The Morgan fingerprint density at radius 1 is 1.07 bits per heavy atom. The molecule has 6 heteroatoms. The number of likely N-dealkylation sites (N-methyl/N-ethyl adjacent to an activating group) is 1. The molecule has 1 aliphatic rings. The third kappa shape index (κ3) is 4.27. The molecule has 1 amide bonds. The fraction of sp³-hybridized carbons (Fsp3) is 0.261. The SMILES string of the molecule is CN(C)CCNc1cc(C(=O)N2CCc3ccccc32)nc(-c2ccccc2)n1. The van der Waals surface area contributed by atoms with E-state index < -0.39 is 0 Å². The van der Waals surface area contributed by atoms with Gasteiger partial charge in [-0.3, -0.25) is 4.79 Å². The molecule has 0 saturated carbocycles. The number of para-hydroxylation sites is 1. The summed E-state index contributed by atoms with van der Waals surface area (Å²) in [6.07, 6.45) is 0.868. The second kappa shape index (κ2) is 8.41. The third-order valence-electron chi connectivity index (χ3n) is 4.97. The van der Waals surface area contributed by atoms with Gasteiger partial charge in [0, 0.05) is 37.0 Å². The number of aromatic nitrogens is 2. The van der Waals surface area contributed by atoms with E-state index in [0.29, 0.717) is 23.9 Å². The zero-order valence-electron chi connectivity index (χ0n) is 16.8. The van der Waals surface area contributed by atoms with Gasteiger partial charge in [-0.05, 0) is 32.1 Å². The van der Waals surface area contributed by atoms with Crippen LogP contribution in [0.5, 0.6) is 0 Å². The number of rotatable bonds is 6. The van der Waals surface area contributed by atoms with E-state index in [9.17, 15) is 4.79 Å². The summed E-state index contributed by atoms with van der Waals surface area (Å²) in [6, 6.07) is 19.6. The Morgan fingerprint density at radius 3 is 2.62 bits per heavy atom. The van der Waals surface area contributed by atoms with Crippen LogP contribution >= 0.6 is 0 Å². The van der Waals surface area contributed by atoms with Crippen molar-refractivity contribution in [3.63, 3.8) is 0 Å². The maximum atomic E-state index is 13.3. The molecule has 0 spiro atoms. The van der Waals surface area contributed by atoms with E-state index in [1.807, 2.05) is 67.5 Å². The average Bonchev–Trinajstić information content (AvgIpc) is 3.17. The highest BCUT2D eigenvalue weighted by Gasteiger charge is 2.26. The number of anilines is 2. The van der Waals surface area contributed by atoms with Gasteiger partial charge < -0.3 is 15.1 Å². The van der Waals surface area contributed by atoms with Gasteiger partial charge in [-0.2, -0.15) is 0 Å². The molecule has 0 atom stereocenters. The summed E-state index contributed by atoms with van der Waals surface area (Å²) >= 11 is 0. The standard InChI is InChI=1S/C23H25N5O/c1-27(2)15-13-24-21-16-19(25-22(26-21)18-9-4-3-5-10-18)23(29)28-14-12-17-8-6-7-11-20(17)28/h3-11,16H,12-15H2,1-2H3,(H,24,25,26). The lowest BCUT2D eigenvalue weighted by atomic mass is 10.2. The van der Waals surface area contributed by atoms with Crippen molar-refractivity contribution >= 4 is 17.4 Å². The number of carbonyl (C=O) groups is 1. The van der Waals surface area contributed by atoms with Gasteiger partial charge in [-0.1, -0.05) is 48.5 Å². The van der Waals surface area contributed by atoms with Gasteiger partial charge in [0.2, 0.25) is 0 Å². The average molecular weight is 387 g/mol. The Morgan fingerprint density at radius 2 is 1.83 bits per heavy atom. The first-order valence-corrected chi connectivity index (χ1v) is 9.85. The quantitative estimate of drug-likeness (QED) is 0.703. The van der Waals surface area contributed by atoms with Crippen molar-refractivity contribution in [2.75, 3.05) is 43.9 Å². The van der Waals surface area contributed by atoms with Crippen molar-refractivity contribution in [1.29, 1.82) is 0 Å². The molecule has 0 fully saturated rings. The lowest BCUT2D eigenvalue weighted by Crippen LogP contribution is -2.30. The Bertz CT molecular complexity index is 1000. The van der Waals surface area contributed by atoms with Gasteiger partial charge in [-0.15, -0.1) is 0 Å². The van der Waals surface area contributed by atoms with Crippen molar-refractivity contribution in [3.05, 3.63) is 71.9 Å². The van der Waals surface area contributed by atoms with Gasteiger partial charge in [-0.25, -0.2) is 9.97 Å². The molecule has 6 nitrogen and oxygen atoms in total. The number of nitrogens with one attached hydrogen (secondary N) is 1. The molecule has 3 aromatic rings. The molecule has 0 aliphatic carbocycles. The first-order valence-electron chi connectivity index (χ1n) is 9.85. The zero-order chi connectivity index (χ0) is 20.2. The molecule has 1 aliphatic heterocycles. The van der Waals surface area contributed by atoms with Crippen LogP contribution in [0, 0.1) is 0 Å². The van der Waals surface area contributed by atoms with E-state index in [2.05, 4.69) is 26.3 Å². The topological polar surface area (TPSA) is 61.4 Å². The summed E-state index contributed by atoms with van der Waals surface area (Å²) in [6.45, 7) is 2.28. The van der Waals surface area contributed by atoms with E-state index in [-0.39, 0.29) is 5.91 Å². The Labute approximate surface area is 171 Å². The van der Waals surface area contributed by atoms with Crippen LogP contribution in [0.15, 0.2) is 60.7 Å². The molecule has 2 heterocycles. The molecular weight excluding hydrogens is 362 g/mol. The Balaban J connectivity index is 1.67. The van der Waals surface area contributed by atoms with Crippen LogP contribution in [-0.2, 0) is 6.42 Å². The molecule has 0 saturated heterocycles. The normalized spacial score (nSPS) is 12.9. The molecule has 29 heavy (non-hydrogen) atoms. The van der Waals surface area contributed by atoms with Gasteiger partial charge in [0.15, 0.2) is 5.82 Å². The van der Waals surface area contributed by atoms with E-state index in [1.54, 1.807) is 6.07 Å². The first-order chi connectivity index (χ1) is 14.1. The molecule has 4 rings (SSSR count). The summed E-state index contributed by atoms with van der Waals surface area (Å²) < 4.78 is 0. The number of hydrogen-bond acceptors (Lipinski definition) is 5. The predicted molar refractivity (Wildman–Crippen MR) is 116 cm³/mol. The molecule has 0 radical (unpaired) electrons. The number of nitrogens with zero attached hydrogens (tertiary/aromatic N) is 4. The van der Waals surface area contributed by atoms with E-state index in [0.717, 1.165) is 30.8 Å². The number of hydrogen-bond donors (Lipinski definition) is 1. The van der Waals surface area contributed by atoms with Crippen LogP contribution in [0.2, 0.25) is 0 Å². The largest absolute Gasteiger partial charge is 0.369 e. The lowest BCUT2D eigenvalue weighted by Gasteiger charge is -2.18. The van der Waals surface area contributed by atoms with Gasteiger partial charge >= 0.3 is 0 Å². The molecule has 2 aromatic carbocycles. The minimum atomic E-state index is -0.0924. The van der Waals surface area contributed by atoms with Crippen molar-refractivity contribution < 1.29 is 4.79 Å². The summed E-state index contributed by atoms with van der Waals surface area (Å²) in [5.74, 6) is 1.12. The first kappa shape index (κ1) is 19.1. The van der Waals surface area contributed by atoms with Crippen molar-refractivity contribution in [2.45, 2.75) is 6.42 Å². The highest BCUT2D eigenvalue weighted by molar-refractivity contribution is 6.06. The van der Waals surface area contributed by atoms with Crippen molar-refractivity contribution in [3.8, 4) is 11.4 Å². The second-order valence-corrected chi connectivity index (χ2v) is 7.39. The zero-order valence-corrected chi connectivity index (χ0v) is 16.8. The summed E-state index contributed by atoms with van der Waals surface area (Å²) in [4.78, 5) is 26.5. The molecule has 1 N–H and O–H groups in total. The number of amides is 1. The fourth-order valence-electron chi connectivity index (χ4n) is 3.46. The van der Waals surface area contributed by atoms with Gasteiger partial charge in [0.25, 0.3) is 5.91 Å². The highest BCUT2D eigenvalue weighted by atomic mass is 16.2. The van der Waals surface area contributed by atoms with Crippen LogP contribution in [0.4, 0.5) is 11.5 Å². The molecule has 148 valence electrons. The minimum Gasteiger partial charge on any atom is -0.369 e. The molecular formula is C23H25N5O. The molecule has 0 unspecified atom stereocenters. The van der Waals surface area contributed by atoms with E-state index >= 15 is 0 Å². The summed E-state index contributed by atoms with van der Waals surface area (Å²) in [5, 5.41) is 3.33. The molecule has 1 aromatic heterocycles. The highest BCUT2D eigenvalue weighted by Crippen LogP contribution is 2.29. The lowest BCUT2D eigenvalue weighted by molar-refractivity contribution is 0.0984. The maximum absolute atomic E-state index is 13.3. The van der Waals surface area contributed by atoms with Crippen LogP contribution in [0.1, 0.15) is 16.1 Å². The van der Waals surface area contributed by atoms with Crippen LogP contribution in [0.3, 0.4) is 0 Å². The van der Waals surface area contributed by atoms with Gasteiger partial charge in [0.05, 0.1) is 0 Å². The predicted octanol–water partition coefficient (Wildman–Crippen LogP) is 3.32. The van der Waals surface area contributed by atoms with Crippen molar-refractivity contribution in [2.24, 2.45) is 0 Å². The second-order valence-electron chi connectivity index (χ2n) is 7.39. The Hall–Kier alpha value is -3.25. The van der Waals surface area contributed by atoms with Crippen LogP contribution in [0.25, 0.3) is 11.4 Å². The third-order valence-corrected chi connectivity index (χ3v) is 4.97. The summed E-state index contributed by atoms with van der Waals surface area (Å²) in [5.41, 5.74) is 3.46. The summed E-state index contributed by atoms with van der Waals surface area (Å²) in [7, 11) is 4.05. The maximum Gasteiger partial charge on any atom is 0.277 e. The number of benzene rings is 2. The monoisotopic (exact) mass is 387 g/mol. The Kier molecular flexibility index (Phi) is 5.53.